The zero-order valence-electron chi connectivity index (χ0n) is 11.8. The molecule has 0 radical (unpaired) electrons. The van der Waals surface area contributed by atoms with Crippen LogP contribution < -0.4 is 5.73 Å². The average Bonchev–Trinajstić information content (AvgIpc) is 2.53. The summed E-state index contributed by atoms with van der Waals surface area (Å²) in [7, 11) is 1.86. The van der Waals surface area contributed by atoms with Crippen molar-refractivity contribution in [2.24, 2.45) is 5.73 Å². The Morgan fingerprint density at radius 3 is 2.58 bits per heavy atom. The van der Waals surface area contributed by atoms with E-state index in [1.165, 1.54) is 11.1 Å². The van der Waals surface area contributed by atoms with Crippen molar-refractivity contribution in [1.82, 2.24) is 9.80 Å². The number of likely N-dealkylation sites (N-methyl/N-ethyl adjacent to an activating group) is 1. The van der Waals surface area contributed by atoms with E-state index in [1.54, 1.807) is 4.90 Å². The normalized spacial score (nSPS) is 21.5. The molecule has 1 heterocycles. The summed E-state index contributed by atoms with van der Waals surface area (Å²) in [5, 5.41) is 0. The molecule has 0 saturated carbocycles. The van der Waals surface area contributed by atoms with Crippen LogP contribution in [0.4, 0.5) is 0 Å². The Bertz CT molecular complexity index is 430. The van der Waals surface area contributed by atoms with Crippen LogP contribution in [-0.4, -0.2) is 48.4 Å². The summed E-state index contributed by atoms with van der Waals surface area (Å²) >= 11 is 0. The summed E-state index contributed by atoms with van der Waals surface area (Å²) in [6.07, 6.45) is 1.00. The third kappa shape index (κ3) is 3.33. The highest BCUT2D eigenvalue weighted by atomic mass is 16.2. The lowest BCUT2D eigenvalue weighted by atomic mass is 10.1. The number of amides is 1. The molecular weight excluding hydrogens is 238 g/mol. The Hall–Kier alpha value is -1.39. The van der Waals surface area contributed by atoms with Gasteiger partial charge < -0.3 is 10.6 Å². The SMILES string of the molecule is Cc1ccc(CN2CCCN(C)C(=O)C2CN)cc1. The number of benzene rings is 1. The highest BCUT2D eigenvalue weighted by molar-refractivity contribution is 5.82. The van der Waals surface area contributed by atoms with Gasteiger partial charge in [-0.05, 0) is 18.9 Å². The smallest absolute Gasteiger partial charge is 0.240 e. The third-order valence-electron chi connectivity index (χ3n) is 3.77. The monoisotopic (exact) mass is 261 g/mol. The maximum absolute atomic E-state index is 12.2. The van der Waals surface area contributed by atoms with E-state index < -0.39 is 0 Å². The van der Waals surface area contributed by atoms with Crippen molar-refractivity contribution >= 4 is 5.91 Å². The van der Waals surface area contributed by atoms with Crippen molar-refractivity contribution in [1.29, 1.82) is 0 Å². The lowest BCUT2D eigenvalue weighted by Crippen LogP contribution is -2.48. The van der Waals surface area contributed by atoms with Crippen LogP contribution in [0.3, 0.4) is 0 Å². The fourth-order valence-electron chi connectivity index (χ4n) is 2.55. The van der Waals surface area contributed by atoms with Crippen molar-refractivity contribution in [3.05, 3.63) is 35.4 Å². The van der Waals surface area contributed by atoms with Gasteiger partial charge in [0.05, 0.1) is 0 Å². The van der Waals surface area contributed by atoms with Crippen LogP contribution >= 0.6 is 0 Å². The first-order valence-corrected chi connectivity index (χ1v) is 6.86. The van der Waals surface area contributed by atoms with Gasteiger partial charge in [0.2, 0.25) is 5.91 Å². The van der Waals surface area contributed by atoms with Crippen LogP contribution in [-0.2, 0) is 11.3 Å². The molecule has 0 aliphatic carbocycles. The van der Waals surface area contributed by atoms with Gasteiger partial charge in [0.15, 0.2) is 0 Å². The summed E-state index contributed by atoms with van der Waals surface area (Å²) in [5.41, 5.74) is 8.30. The number of hydrogen-bond acceptors (Lipinski definition) is 3. The van der Waals surface area contributed by atoms with Crippen molar-refractivity contribution in [3.63, 3.8) is 0 Å². The minimum absolute atomic E-state index is 0.145. The Labute approximate surface area is 115 Å². The second-order valence-electron chi connectivity index (χ2n) is 5.32. The van der Waals surface area contributed by atoms with Crippen LogP contribution in [0.1, 0.15) is 17.5 Å². The molecule has 4 heteroatoms. The van der Waals surface area contributed by atoms with Crippen LogP contribution in [0, 0.1) is 6.92 Å². The quantitative estimate of drug-likeness (QED) is 0.882. The molecule has 104 valence electrons. The van der Waals surface area contributed by atoms with Crippen LogP contribution in [0.25, 0.3) is 0 Å². The van der Waals surface area contributed by atoms with Gasteiger partial charge in [-0.1, -0.05) is 29.8 Å². The van der Waals surface area contributed by atoms with Gasteiger partial charge in [-0.2, -0.15) is 0 Å². The Balaban J connectivity index is 2.12. The van der Waals surface area contributed by atoms with Crippen LogP contribution in [0.2, 0.25) is 0 Å². The minimum Gasteiger partial charge on any atom is -0.344 e. The second kappa shape index (κ2) is 6.17. The lowest BCUT2D eigenvalue weighted by molar-refractivity contribution is -0.133. The van der Waals surface area contributed by atoms with Crippen molar-refractivity contribution < 1.29 is 4.79 Å². The molecule has 0 bridgehead atoms. The second-order valence-corrected chi connectivity index (χ2v) is 5.32. The van der Waals surface area contributed by atoms with Crippen LogP contribution in [0.5, 0.6) is 0 Å². The molecule has 4 nitrogen and oxygen atoms in total. The van der Waals surface area contributed by atoms with Crippen molar-refractivity contribution in [3.8, 4) is 0 Å². The van der Waals surface area contributed by atoms with Gasteiger partial charge in [-0.15, -0.1) is 0 Å². The van der Waals surface area contributed by atoms with E-state index in [-0.39, 0.29) is 11.9 Å². The summed E-state index contributed by atoms with van der Waals surface area (Å²) < 4.78 is 0. The van der Waals surface area contributed by atoms with E-state index in [9.17, 15) is 4.79 Å². The van der Waals surface area contributed by atoms with E-state index in [1.807, 2.05) is 7.05 Å². The summed E-state index contributed by atoms with van der Waals surface area (Å²) in [6, 6.07) is 8.29. The van der Waals surface area contributed by atoms with Gasteiger partial charge >= 0.3 is 0 Å². The maximum atomic E-state index is 12.2. The summed E-state index contributed by atoms with van der Waals surface area (Å²) in [5.74, 6) is 0.145. The first kappa shape index (κ1) is 14.0. The molecule has 1 aliphatic rings. The Morgan fingerprint density at radius 2 is 1.95 bits per heavy atom. The maximum Gasteiger partial charge on any atom is 0.240 e. The fraction of sp³-hybridized carbons (Fsp3) is 0.533. The highest BCUT2D eigenvalue weighted by Gasteiger charge is 2.29. The first-order valence-electron chi connectivity index (χ1n) is 6.86. The number of carbonyl (C=O) groups excluding carboxylic acids is 1. The summed E-state index contributed by atoms with van der Waals surface area (Å²) in [6.45, 7) is 5.00. The first-order chi connectivity index (χ1) is 9.11. The minimum atomic E-state index is -0.186. The largest absolute Gasteiger partial charge is 0.344 e. The molecule has 0 spiro atoms. The van der Waals surface area contributed by atoms with E-state index in [4.69, 9.17) is 5.73 Å². The lowest BCUT2D eigenvalue weighted by Gasteiger charge is -2.28. The van der Waals surface area contributed by atoms with E-state index in [0.29, 0.717) is 6.54 Å². The third-order valence-corrected chi connectivity index (χ3v) is 3.77. The number of rotatable bonds is 3. The summed E-state index contributed by atoms with van der Waals surface area (Å²) in [4.78, 5) is 16.2. The molecule has 1 unspecified atom stereocenters. The number of carbonyl (C=O) groups is 1. The molecule has 0 aromatic heterocycles. The fourth-order valence-corrected chi connectivity index (χ4v) is 2.55. The van der Waals surface area contributed by atoms with Crippen molar-refractivity contribution in [2.75, 3.05) is 26.7 Å². The standard InChI is InChI=1S/C15H23N3O/c1-12-4-6-13(7-5-12)11-18-9-3-8-17(2)15(19)14(18)10-16/h4-7,14H,3,8-11,16H2,1-2H3. The predicted molar refractivity (Wildman–Crippen MR) is 76.7 cm³/mol. The topological polar surface area (TPSA) is 49.6 Å². The number of nitrogens with two attached hydrogens (primary N) is 1. The molecule has 19 heavy (non-hydrogen) atoms. The number of aryl methyl sites for hydroxylation is 1. The number of hydrogen-bond donors (Lipinski definition) is 1. The molecule has 1 aromatic carbocycles. The van der Waals surface area contributed by atoms with E-state index >= 15 is 0 Å². The van der Waals surface area contributed by atoms with Crippen molar-refractivity contribution in [2.45, 2.75) is 25.9 Å². The van der Waals surface area contributed by atoms with Gasteiger partial charge in [-0.25, -0.2) is 0 Å². The molecule has 1 aromatic rings. The predicted octanol–water partition coefficient (Wildman–Crippen LogP) is 0.986. The Kier molecular flexibility index (Phi) is 4.56. The van der Waals surface area contributed by atoms with Gasteiger partial charge in [0.1, 0.15) is 6.04 Å². The zero-order chi connectivity index (χ0) is 13.8. The van der Waals surface area contributed by atoms with E-state index in [0.717, 1.165) is 26.1 Å². The molecule has 1 atom stereocenters. The zero-order valence-corrected chi connectivity index (χ0v) is 11.8. The molecule has 1 aliphatic heterocycles. The molecule has 2 rings (SSSR count). The van der Waals surface area contributed by atoms with Gasteiger partial charge in [0, 0.05) is 33.2 Å². The molecular formula is C15H23N3O. The highest BCUT2D eigenvalue weighted by Crippen LogP contribution is 2.14. The molecule has 1 saturated heterocycles. The van der Waals surface area contributed by atoms with Gasteiger partial charge in [-0.3, -0.25) is 9.69 Å². The Morgan fingerprint density at radius 1 is 1.26 bits per heavy atom. The molecule has 1 fully saturated rings. The van der Waals surface area contributed by atoms with Gasteiger partial charge in [0.25, 0.3) is 0 Å². The molecule has 1 amide bonds. The molecule has 2 N–H and O–H groups in total. The number of nitrogens with zero attached hydrogens (tertiary/aromatic N) is 2. The van der Waals surface area contributed by atoms with Crippen LogP contribution in [0.15, 0.2) is 24.3 Å². The van der Waals surface area contributed by atoms with E-state index in [2.05, 4.69) is 36.1 Å². The average molecular weight is 261 g/mol.